The van der Waals surface area contributed by atoms with Crippen LogP contribution >= 0.6 is 11.3 Å². The summed E-state index contributed by atoms with van der Waals surface area (Å²) in [5, 5.41) is 0.550. The average molecular weight is 347 g/mol. The Balaban J connectivity index is 1.94. The molecular formula is C18H25N3O2S. The summed E-state index contributed by atoms with van der Waals surface area (Å²) >= 11 is 1.49. The molecule has 5 nitrogen and oxygen atoms in total. The van der Waals surface area contributed by atoms with Crippen LogP contribution in [0.1, 0.15) is 33.3 Å². The largest absolute Gasteiger partial charge is 0.465 e. The van der Waals surface area contributed by atoms with Crippen molar-refractivity contribution in [1.29, 1.82) is 0 Å². The molecule has 0 saturated heterocycles. The number of pyridine rings is 1. The molecular weight excluding hydrogens is 322 g/mol. The lowest BCUT2D eigenvalue weighted by Gasteiger charge is -2.20. The Morgan fingerprint density at radius 1 is 1.29 bits per heavy atom. The summed E-state index contributed by atoms with van der Waals surface area (Å²) < 4.78 is 4.82. The zero-order valence-electron chi connectivity index (χ0n) is 14.5. The third kappa shape index (κ3) is 4.55. The van der Waals surface area contributed by atoms with Crippen LogP contribution in [-0.4, -0.2) is 42.6 Å². The van der Waals surface area contributed by atoms with Gasteiger partial charge in [0, 0.05) is 30.4 Å². The van der Waals surface area contributed by atoms with Gasteiger partial charge in [0.05, 0.1) is 12.7 Å². The van der Waals surface area contributed by atoms with Crippen molar-refractivity contribution in [3.8, 4) is 0 Å². The van der Waals surface area contributed by atoms with Crippen LogP contribution in [0.2, 0.25) is 0 Å². The van der Waals surface area contributed by atoms with E-state index in [0.29, 0.717) is 10.6 Å². The predicted molar refractivity (Wildman–Crippen MR) is 98.6 cm³/mol. The van der Waals surface area contributed by atoms with Gasteiger partial charge in [-0.05, 0) is 49.6 Å². The fourth-order valence-electron chi connectivity index (χ4n) is 2.70. The topological polar surface area (TPSA) is 68.5 Å². The molecule has 0 atom stereocenters. The number of thiophene rings is 1. The van der Waals surface area contributed by atoms with Gasteiger partial charge < -0.3 is 15.4 Å². The van der Waals surface area contributed by atoms with Crippen LogP contribution in [0.5, 0.6) is 0 Å². The number of ether oxygens (including phenoxy) is 1. The molecule has 0 aliphatic heterocycles. The number of hydrogen-bond donors (Lipinski definition) is 1. The van der Waals surface area contributed by atoms with Gasteiger partial charge in [-0.15, -0.1) is 11.3 Å². The number of esters is 1. The van der Waals surface area contributed by atoms with Gasteiger partial charge in [-0.2, -0.15) is 0 Å². The van der Waals surface area contributed by atoms with E-state index in [1.165, 1.54) is 24.0 Å². The van der Waals surface area contributed by atoms with Gasteiger partial charge in [0.25, 0.3) is 0 Å². The van der Waals surface area contributed by atoms with Crippen molar-refractivity contribution in [1.82, 2.24) is 9.88 Å². The molecule has 0 radical (unpaired) electrons. The summed E-state index contributed by atoms with van der Waals surface area (Å²) in [6.45, 7) is 7.06. The van der Waals surface area contributed by atoms with E-state index in [-0.39, 0.29) is 5.97 Å². The number of likely N-dealkylation sites (N-methyl/N-ethyl adjacent to an activating group) is 1. The monoisotopic (exact) mass is 347 g/mol. The maximum absolute atomic E-state index is 11.8. The Morgan fingerprint density at radius 3 is 2.58 bits per heavy atom. The second-order valence-electron chi connectivity index (χ2n) is 5.67. The van der Waals surface area contributed by atoms with Crippen LogP contribution in [0.4, 0.5) is 5.00 Å². The first-order valence-electron chi connectivity index (χ1n) is 8.14. The number of carbonyl (C=O) groups excluding carboxylic acids is 1. The van der Waals surface area contributed by atoms with Gasteiger partial charge >= 0.3 is 5.97 Å². The van der Waals surface area contributed by atoms with E-state index < -0.39 is 0 Å². The molecule has 0 aliphatic carbocycles. The third-order valence-corrected chi connectivity index (χ3v) is 5.41. The first kappa shape index (κ1) is 18.4. The predicted octanol–water partition coefficient (Wildman–Crippen LogP) is 2.93. The summed E-state index contributed by atoms with van der Waals surface area (Å²) in [6, 6.07) is 4.11. The highest BCUT2D eigenvalue weighted by atomic mass is 32.1. The van der Waals surface area contributed by atoms with Crippen molar-refractivity contribution in [2.75, 3.05) is 32.5 Å². The molecule has 2 aromatic rings. The number of nitrogens with zero attached hydrogens (tertiary/aromatic N) is 2. The molecule has 0 amide bonds. The molecule has 2 aromatic heterocycles. The lowest BCUT2D eigenvalue weighted by Crippen LogP contribution is -2.28. The van der Waals surface area contributed by atoms with Gasteiger partial charge in [0.1, 0.15) is 5.00 Å². The fourth-order valence-corrected chi connectivity index (χ4v) is 3.76. The molecule has 0 aliphatic rings. The van der Waals surface area contributed by atoms with Crippen LogP contribution in [0.25, 0.3) is 0 Å². The number of nitrogens with two attached hydrogens (primary N) is 1. The molecule has 0 saturated carbocycles. The van der Waals surface area contributed by atoms with Crippen LogP contribution in [-0.2, 0) is 17.6 Å². The average Bonchev–Trinajstić information content (AvgIpc) is 2.89. The summed E-state index contributed by atoms with van der Waals surface area (Å²) in [4.78, 5) is 19.4. The number of methoxy groups -OCH3 is 1. The Bertz CT molecular complexity index is 670. The van der Waals surface area contributed by atoms with Crippen LogP contribution in [0.3, 0.4) is 0 Å². The van der Waals surface area contributed by atoms with Gasteiger partial charge in [-0.1, -0.05) is 6.92 Å². The molecule has 2 heterocycles. The Hall–Kier alpha value is -1.92. The highest BCUT2D eigenvalue weighted by Gasteiger charge is 2.20. The molecule has 0 bridgehead atoms. The van der Waals surface area contributed by atoms with Crippen molar-refractivity contribution in [3.05, 3.63) is 46.1 Å². The van der Waals surface area contributed by atoms with Crippen molar-refractivity contribution in [2.24, 2.45) is 0 Å². The molecule has 0 aromatic carbocycles. The van der Waals surface area contributed by atoms with Crippen molar-refractivity contribution >= 4 is 22.3 Å². The third-order valence-electron chi connectivity index (χ3n) is 4.23. The van der Waals surface area contributed by atoms with E-state index in [1.807, 2.05) is 19.3 Å². The lowest BCUT2D eigenvalue weighted by atomic mass is 10.1. The maximum atomic E-state index is 11.8. The summed E-state index contributed by atoms with van der Waals surface area (Å²) in [5.41, 5.74) is 8.77. The number of aromatic nitrogens is 1. The Kier molecular flexibility index (Phi) is 6.75. The Labute approximate surface area is 147 Å². The van der Waals surface area contributed by atoms with E-state index >= 15 is 0 Å². The number of anilines is 1. The van der Waals surface area contributed by atoms with Crippen molar-refractivity contribution in [2.45, 2.75) is 26.7 Å². The minimum absolute atomic E-state index is 0.350. The highest BCUT2D eigenvalue weighted by Crippen LogP contribution is 2.31. The first-order valence-corrected chi connectivity index (χ1v) is 8.95. The molecule has 24 heavy (non-hydrogen) atoms. The van der Waals surface area contributed by atoms with Gasteiger partial charge in [-0.25, -0.2) is 4.79 Å². The summed E-state index contributed by atoms with van der Waals surface area (Å²) in [7, 11) is 1.39. The summed E-state index contributed by atoms with van der Waals surface area (Å²) in [6.07, 6.45) is 5.56. The normalized spacial score (nSPS) is 11.0. The van der Waals surface area contributed by atoms with Crippen molar-refractivity contribution < 1.29 is 9.53 Å². The smallest absolute Gasteiger partial charge is 0.341 e. The van der Waals surface area contributed by atoms with E-state index in [4.69, 9.17) is 10.5 Å². The zero-order chi connectivity index (χ0) is 17.5. The first-order chi connectivity index (χ1) is 11.6. The number of nitrogen functional groups attached to an aromatic ring is 1. The Morgan fingerprint density at radius 2 is 1.96 bits per heavy atom. The molecule has 0 unspecified atom stereocenters. The quantitative estimate of drug-likeness (QED) is 0.744. The minimum Gasteiger partial charge on any atom is -0.465 e. The molecule has 0 spiro atoms. The molecule has 2 rings (SSSR count). The van der Waals surface area contributed by atoms with Gasteiger partial charge in [-0.3, -0.25) is 4.98 Å². The molecule has 6 heteroatoms. The van der Waals surface area contributed by atoms with Crippen LogP contribution < -0.4 is 5.73 Å². The van der Waals surface area contributed by atoms with Crippen molar-refractivity contribution in [3.63, 3.8) is 0 Å². The van der Waals surface area contributed by atoms with E-state index in [2.05, 4.69) is 28.9 Å². The second-order valence-corrected chi connectivity index (χ2v) is 6.81. The standard InChI is InChI=1S/C18H25N3O2S/c1-4-21(11-7-14-5-9-20-10-6-14)12-8-15-13(2)16(17(19)24-15)18(22)23-3/h5-6,9-10H,4,7-8,11-12,19H2,1-3H3. The SMILES string of the molecule is CCN(CCc1ccncc1)CCc1sc(N)c(C(=O)OC)c1C. The minimum atomic E-state index is -0.350. The number of carbonyl (C=O) groups is 1. The number of rotatable bonds is 8. The lowest BCUT2D eigenvalue weighted by molar-refractivity contribution is 0.0601. The second kappa shape index (κ2) is 8.80. The maximum Gasteiger partial charge on any atom is 0.341 e. The van der Waals surface area contributed by atoms with Crippen LogP contribution in [0.15, 0.2) is 24.5 Å². The summed E-state index contributed by atoms with van der Waals surface area (Å²) in [5.74, 6) is -0.350. The van der Waals surface area contributed by atoms with E-state index in [1.54, 1.807) is 0 Å². The van der Waals surface area contributed by atoms with E-state index in [0.717, 1.165) is 42.9 Å². The zero-order valence-corrected chi connectivity index (χ0v) is 15.4. The van der Waals surface area contributed by atoms with E-state index in [9.17, 15) is 4.79 Å². The van der Waals surface area contributed by atoms with Crippen LogP contribution in [0, 0.1) is 6.92 Å². The number of hydrogen-bond acceptors (Lipinski definition) is 6. The molecule has 2 N–H and O–H groups in total. The molecule has 0 fully saturated rings. The fraction of sp³-hybridized carbons (Fsp3) is 0.444. The van der Waals surface area contributed by atoms with Gasteiger partial charge in [0.15, 0.2) is 0 Å². The highest BCUT2D eigenvalue weighted by molar-refractivity contribution is 7.16. The molecule has 130 valence electrons. The van der Waals surface area contributed by atoms with Gasteiger partial charge in [0.2, 0.25) is 0 Å².